The van der Waals surface area contributed by atoms with Gasteiger partial charge in [-0.3, -0.25) is 4.79 Å². The Bertz CT molecular complexity index is 757. The van der Waals surface area contributed by atoms with E-state index in [-0.39, 0.29) is 5.57 Å². The molecule has 0 aliphatic heterocycles. The van der Waals surface area contributed by atoms with Gasteiger partial charge in [-0.1, -0.05) is 43.7 Å². The van der Waals surface area contributed by atoms with Crippen LogP contribution < -0.4 is 10.5 Å². The Kier molecular flexibility index (Phi) is 5.16. The number of rotatable bonds is 6. The lowest BCUT2D eigenvalue weighted by Crippen LogP contribution is -2.12. The van der Waals surface area contributed by atoms with Crippen LogP contribution in [0.3, 0.4) is 0 Å². The number of nitrogens with two attached hydrogens (primary N) is 1. The summed E-state index contributed by atoms with van der Waals surface area (Å²) in [5, 5.41) is 11.0. The topological polar surface area (TPSA) is 76.1 Å². The Morgan fingerprint density at radius 3 is 2.77 bits per heavy atom. The Morgan fingerprint density at radius 2 is 2.09 bits per heavy atom. The van der Waals surface area contributed by atoms with Gasteiger partial charge in [-0.15, -0.1) is 0 Å². The number of nitriles is 1. The SMILES string of the molecule is CCCCOc1ccc2ccccc2c1/C=C(\C#N)C(N)=O. The lowest BCUT2D eigenvalue weighted by atomic mass is 10.0. The number of benzene rings is 2. The Morgan fingerprint density at radius 1 is 1.32 bits per heavy atom. The fraction of sp³-hybridized carbons (Fsp3) is 0.222. The third-order valence-corrected chi connectivity index (χ3v) is 3.36. The first-order valence-electron chi connectivity index (χ1n) is 7.23. The van der Waals surface area contributed by atoms with Crippen molar-refractivity contribution >= 4 is 22.8 Å². The summed E-state index contributed by atoms with van der Waals surface area (Å²) in [5.41, 5.74) is 5.87. The van der Waals surface area contributed by atoms with Crippen molar-refractivity contribution in [2.24, 2.45) is 5.73 Å². The molecule has 4 heteroatoms. The quantitative estimate of drug-likeness (QED) is 0.504. The molecule has 0 unspecified atom stereocenters. The molecule has 1 amide bonds. The molecule has 0 fully saturated rings. The molecular formula is C18H18N2O2. The molecule has 0 aromatic heterocycles. The van der Waals surface area contributed by atoms with Crippen LogP contribution in [0.1, 0.15) is 25.3 Å². The van der Waals surface area contributed by atoms with Crippen molar-refractivity contribution in [2.45, 2.75) is 19.8 Å². The van der Waals surface area contributed by atoms with Crippen molar-refractivity contribution in [3.63, 3.8) is 0 Å². The van der Waals surface area contributed by atoms with Crippen molar-refractivity contribution in [1.82, 2.24) is 0 Å². The molecule has 0 bridgehead atoms. The normalized spacial score (nSPS) is 11.2. The average molecular weight is 294 g/mol. The number of carbonyl (C=O) groups excluding carboxylic acids is 1. The fourth-order valence-electron chi connectivity index (χ4n) is 2.18. The second-order valence-corrected chi connectivity index (χ2v) is 4.93. The Labute approximate surface area is 129 Å². The molecule has 112 valence electrons. The summed E-state index contributed by atoms with van der Waals surface area (Å²) in [4.78, 5) is 11.3. The summed E-state index contributed by atoms with van der Waals surface area (Å²) in [6.45, 7) is 2.68. The number of amides is 1. The zero-order valence-corrected chi connectivity index (χ0v) is 12.5. The molecule has 0 spiro atoms. The molecule has 2 aromatic carbocycles. The molecule has 22 heavy (non-hydrogen) atoms. The standard InChI is InChI=1S/C18H18N2O2/c1-2-3-10-22-17-9-8-13-6-4-5-7-15(13)16(17)11-14(12-19)18(20)21/h4-9,11H,2-3,10H2,1H3,(H2,20,21)/b14-11+. The molecule has 0 saturated carbocycles. The second-order valence-electron chi connectivity index (χ2n) is 4.93. The molecule has 4 nitrogen and oxygen atoms in total. The fourth-order valence-corrected chi connectivity index (χ4v) is 2.18. The first kappa shape index (κ1) is 15.6. The summed E-state index contributed by atoms with van der Waals surface area (Å²) in [7, 11) is 0. The summed E-state index contributed by atoms with van der Waals surface area (Å²) in [6.07, 6.45) is 3.48. The zero-order valence-electron chi connectivity index (χ0n) is 12.5. The summed E-state index contributed by atoms with van der Waals surface area (Å²) in [6, 6.07) is 13.4. The summed E-state index contributed by atoms with van der Waals surface area (Å²) in [5.74, 6) is -0.0870. The van der Waals surface area contributed by atoms with E-state index in [0.717, 1.165) is 23.6 Å². The van der Waals surface area contributed by atoms with Gasteiger partial charge in [-0.2, -0.15) is 5.26 Å². The average Bonchev–Trinajstić information content (AvgIpc) is 2.53. The van der Waals surface area contributed by atoms with E-state index in [9.17, 15) is 4.79 Å². The van der Waals surface area contributed by atoms with Crippen molar-refractivity contribution < 1.29 is 9.53 Å². The minimum Gasteiger partial charge on any atom is -0.493 e. The van der Waals surface area contributed by atoms with Gasteiger partial charge in [0, 0.05) is 5.56 Å². The van der Waals surface area contributed by atoms with Crippen LogP contribution in [0.15, 0.2) is 42.0 Å². The van der Waals surface area contributed by atoms with Crippen LogP contribution in [0.25, 0.3) is 16.8 Å². The van der Waals surface area contributed by atoms with Gasteiger partial charge in [0.2, 0.25) is 0 Å². The van der Waals surface area contributed by atoms with Crippen LogP contribution in [0.5, 0.6) is 5.75 Å². The van der Waals surface area contributed by atoms with Crippen molar-refractivity contribution in [3.8, 4) is 11.8 Å². The number of ether oxygens (including phenoxy) is 1. The highest BCUT2D eigenvalue weighted by atomic mass is 16.5. The molecule has 2 aromatic rings. The van der Waals surface area contributed by atoms with Crippen LogP contribution in [0.4, 0.5) is 0 Å². The highest BCUT2D eigenvalue weighted by molar-refractivity contribution is 6.04. The van der Waals surface area contributed by atoms with E-state index in [4.69, 9.17) is 15.7 Å². The molecule has 0 radical (unpaired) electrons. The van der Waals surface area contributed by atoms with Gasteiger partial charge in [0.1, 0.15) is 17.4 Å². The van der Waals surface area contributed by atoms with Gasteiger partial charge in [0.05, 0.1) is 6.61 Å². The largest absolute Gasteiger partial charge is 0.493 e. The predicted molar refractivity (Wildman–Crippen MR) is 87.1 cm³/mol. The van der Waals surface area contributed by atoms with E-state index in [2.05, 4.69) is 6.92 Å². The van der Waals surface area contributed by atoms with Crippen molar-refractivity contribution in [2.75, 3.05) is 6.61 Å². The highest BCUT2D eigenvalue weighted by Gasteiger charge is 2.11. The summed E-state index contributed by atoms with van der Waals surface area (Å²) >= 11 is 0. The maximum absolute atomic E-state index is 11.3. The minimum absolute atomic E-state index is 0.0864. The predicted octanol–water partition coefficient (Wildman–Crippen LogP) is 3.41. The summed E-state index contributed by atoms with van der Waals surface area (Å²) < 4.78 is 5.80. The molecule has 0 heterocycles. The van der Waals surface area contributed by atoms with E-state index >= 15 is 0 Å². The van der Waals surface area contributed by atoms with E-state index in [1.165, 1.54) is 6.08 Å². The lowest BCUT2D eigenvalue weighted by molar-refractivity contribution is -0.114. The molecular weight excluding hydrogens is 276 g/mol. The van der Waals surface area contributed by atoms with Crippen LogP contribution in [0.2, 0.25) is 0 Å². The smallest absolute Gasteiger partial charge is 0.259 e. The van der Waals surface area contributed by atoms with Gasteiger partial charge in [-0.05, 0) is 29.3 Å². The van der Waals surface area contributed by atoms with Crippen LogP contribution in [-0.4, -0.2) is 12.5 Å². The van der Waals surface area contributed by atoms with Crippen LogP contribution >= 0.6 is 0 Å². The van der Waals surface area contributed by atoms with Gasteiger partial charge >= 0.3 is 0 Å². The number of primary amides is 1. The maximum Gasteiger partial charge on any atom is 0.259 e. The Balaban J connectivity index is 2.57. The Hall–Kier alpha value is -2.80. The van der Waals surface area contributed by atoms with Gasteiger partial charge in [0.25, 0.3) is 5.91 Å². The third-order valence-electron chi connectivity index (χ3n) is 3.36. The molecule has 0 aliphatic rings. The van der Waals surface area contributed by atoms with E-state index in [1.54, 1.807) is 0 Å². The van der Waals surface area contributed by atoms with E-state index < -0.39 is 5.91 Å². The molecule has 2 N–H and O–H groups in total. The van der Waals surface area contributed by atoms with Crippen molar-refractivity contribution in [3.05, 3.63) is 47.5 Å². The number of carbonyl (C=O) groups is 1. The first-order chi connectivity index (χ1) is 10.7. The monoisotopic (exact) mass is 294 g/mol. The first-order valence-corrected chi connectivity index (χ1v) is 7.23. The van der Waals surface area contributed by atoms with Gasteiger partial charge in [0.15, 0.2) is 0 Å². The maximum atomic E-state index is 11.3. The molecule has 0 aliphatic carbocycles. The molecule has 2 rings (SSSR count). The van der Waals surface area contributed by atoms with Gasteiger partial charge in [-0.25, -0.2) is 0 Å². The van der Waals surface area contributed by atoms with Gasteiger partial charge < -0.3 is 10.5 Å². The molecule has 0 saturated heterocycles. The number of hydrogen-bond acceptors (Lipinski definition) is 3. The minimum atomic E-state index is -0.741. The van der Waals surface area contributed by atoms with E-state index in [0.29, 0.717) is 17.9 Å². The number of fused-ring (bicyclic) bond motifs is 1. The van der Waals surface area contributed by atoms with Crippen LogP contribution in [-0.2, 0) is 4.79 Å². The second kappa shape index (κ2) is 7.28. The lowest BCUT2D eigenvalue weighted by Gasteiger charge is -2.12. The number of hydrogen-bond donors (Lipinski definition) is 1. The molecule has 0 atom stereocenters. The number of unbranched alkanes of at least 4 members (excludes halogenated alkanes) is 1. The van der Waals surface area contributed by atoms with Crippen LogP contribution in [0, 0.1) is 11.3 Å². The zero-order chi connectivity index (χ0) is 15.9. The van der Waals surface area contributed by atoms with Crippen molar-refractivity contribution in [1.29, 1.82) is 5.26 Å². The highest BCUT2D eigenvalue weighted by Crippen LogP contribution is 2.30. The third kappa shape index (κ3) is 3.44. The number of nitrogens with zero attached hydrogens (tertiary/aromatic N) is 1. The van der Waals surface area contributed by atoms with E-state index in [1.807, 2.05) is 42.5 Å².